The molecule has 3 heterocycles. The lowest BCUT2D eigenvalue weighted by molar-refractivity contribution is 0.352. The maximum Gasteiger partial charge on any atom is 0.161 e. The molecule has 0 saturated heterocycles. The van der Waals surface area contributed by atoms with Crippen molar-refractivity contribution in [2.24, 2.45) is 0 Å². The van der Waals surface area contributed by atoms with Crippen LogP contribution in [-0.2, 0) is 0 Å². The van der Waals surface area contributed by atoms with Crippen molar-refractivity contribution in [3.05, 3.63) is 65.6 Å². The second kappa shape index (κ2) is 7.00. The van der Waals surface area contributed by atoms with Gasteiger partial charge in [-0.05, 0) is 36.2 Å². The Morgan fingerprint density at radius 3 is 2.74 bits per heavy atom. The van der Waals surface area contributed by atoms with Crippen LogP contribution in [0.2, 0.25) is 0 Å². The molecule has 3 aromatic rings. The minimum absolute atomic E-state index is 0.0272. The third-order valence-corrected chi connectivity index (χ3v) is 4.82. The van der Waals surface area contributed by atoms with Gasteiger partial charge in [0.05, 0.1) is 38.2 Å². The van der Waals surface area contributed by atoms with E-state index in [1.54, 1.807) is 26.6 Å². The number of ether oxygens (including phenoxy) is 2. The van der Waals surface area contributed by atoms with E-state index in [4.69, 9.17) is 9.47 Å². The Labute approximate surface area is 157 Å². The zero-order chi connectivity index (χ0) is 18.8. The molecule has 1 N–H and O–H groups in total. The van der Waals surface area contributed by atoms with Crippen molar-refractivity contribution in [2.45, 2.75) is 18.5 Å². The van der Waals surface area contributed by atoms with E-state index in [1.165, 1.54) is 0 Å². The number of aromatic nitrogens is 3. The first kappa shape index (κ1) is 16.9. The van der Waals surface area contributed by atoms with Crippen molar-refractivity contribution in [3.63, 3.8) is 0 Å². The van der Waals surface area contributed by atoms with Gasteiger partial charge in [0.15, 0.2) is 11.5 Å². The van der Waals surface area contributed by atoms with Gasteiger partial charge in [0.2, 0.25) is 0 Å². The van der Waals surface area contributed by atoms with Crippen LogP contribution in [0.4, 0.5) is 5.82 Å². The Morgan fingerprint density at radius 1 is 1.19 bits per heavy atom. The summed E-state index contributed by atoms with van der Waals surface area (Å²) < 4.78 is 12.7. The lowest BCUT2D eigenvalue weighted by atomic mass is 9.94. The Morgan fingerprint density at radius 2 is 2.04 bits per heavy atom. The number of nitriles is 1. The number of nitrogens with one attached hydrogen (secondary N) is 1. The maximum absolute atomic E-state index is 9.45. The molecule has 7 nitrogen and oxygen atoms in total. The average Bonchev–Trinajstić information content (AvgIpc) is 3.16. The number of nitrogens with zero attached hydrogens (tertiary/aromatic N) is 4. The SMILES string of the molecule is COc1ccc(C2CC(c3ccccn3)Nc3c(C#N)cnn32)cc1OC. The first-order valence-electron chi connectivity index (χ1n) is 8.62. The van der Waals surface area contributed by atoms with Crippen LogP contribution in [0.25, 0.3) is 0 Å². The normalized spacial score (nSPS) is 18.1. The van der Waals surface area contributed by atoms with E-state index < -0.39 is 0 Å². The van der Waals surface area contributed by atoms with Gasteiger partial charge in [-0.25, -0.2) is 4.68 Å². The third kappa shape index (κ3) is 2.95. The molecule has 1 aromatic carbocycles. The topological polar surface area (TPSA) is 85.0 Å². The summed E-state index contributed by atoms with van der Waals surface area (Å²) in [6, 6.07) is 13.8. The summed E-state index contributed by atoms with van der Waals surface area (Å²) >= 11 is 0. The van der Waals surface area contributed by atoms with Crippen LogP contribution in [-0.4, -0.2) is 29.0 Å². The molecule has 0 spiro atoms. The molecule has 2 aromatic heterocycles. The molecular weight excluding hydrogens is 342 g/mol. The highest BCUT2D eigenvalue weighted by Gasteiger charge is 2.32. The molecule has 0 saturated carbocycles. The van der Waals surface area contributed by atoms with E-state index in [-0.39, 0.29) is 12.1 Å². The van der Waals surface area contributed by atoms with Crippen molar-refractivity contribution in [1.29, 1.82) is 5.26 Å². The fourth-order valence-corrected chi connectivity index (χ4v) is 3.49. The Kier molecular flexibility index (Phi) is 4.38. The fourth-order valence-electron chi connectivity index (χ4n) is 3.49. The summed E-state index contributed by atoms with van der Waals surface area (Å²) in [4.78, 5) is 4.48. The molecule has 0 amide bonds. The summed E-state index contributed by atoms with van der Waals surface area (Å²) in [5.41, 5.74) is 2.48. The molecule has 1 aliphatic heterocycles. The number of rotatable bonds is 4. The summed E-state index contributed by atoms with van der Waals surface area (Å²) in [5, 5.41) is 17.3. The van der Waals surface area contributed by atoms with Gasteiger partial charge < -0.3 is 14.8 Å². The first-order chi connectivity index (χ1) is 13.2. The minimum atomic E-state index is -0.0600. The zero-order valence-corrected chi connectivity index (χ0v) is 15.1. The molecule has 1 aliphatic rings. The molecular formula is C20H19N5O2. The van der Waals surface area contributed by atoms with E-state index in [9.17, 15) is 5.26 Å². The second-order valence-electron chi connectivity index (χ2n) is 6.28. The molecule has 27 heavy (non-hydrogen) atoms. The summed E-state index contributed by atoms with van der Waals surface area (Å²) in [7, 11) is 3.23. The summed E-state index contributed by atoms with van der Waals surface area (Å²) in [6.45, 7) is 0. The van der Waals surface area contributed by atoms with Crippen molar-refractivity contribution < 1.29 is 9.47 Å². The highest BCUT2D eigenvalue weighted by atomic mass is 16.5. The predicted molar refractivity (Wildman–Crippen MR) is 99.8 cm³/mol. The summed E-state index contributed by atoms with van der Waals surface area (Å²) in [6.07, 6.45) is 4.11. The average molecular weight is 361 g/mol. The molecule has 2 unspecified atom stereocenters. The molecule has 0 bridgehead atoms. The van der Waals surface area contributed by atoms with E-state index in [2.05, 4.69) is 21.5 Å². The van der Waals surface area contributed by atoms with Gasteiger partial charge in [-0.1, -0.05) is 12.1 Å². The van der Waals surface area contributed by atoms with Crippen LogP contribution in [0.5, 0.6) is 11.5 Å². The number of benzene rings is 1. The number of hydrogen-bond donors (Lipinski definition) is 1. The third-order valence-electron chi connectivity index (χ3n) is 4.82. The zero-order valence-electron chi connectivity index (χ0n) is 15.1. The van der Waals surface area contributed by atoms with Gasteiger partial charge in [0, 0.05) is 6.20 Å². The van der Waals surface area contributed by atoms with E-state index in [0.717, 1.165) is 17.7 Å². The molecule has 4 rings (SSSR count). The predicted octanol–water partition coefficient (Wildman–Crippen LogP) is 3.31. The van der Waals surface area contributed by atoms with Crippen LogP contribution < -0.4 is 14.8 Å². The molecule has 0 radical (unpaired) electrons. The maximum atomic E-state index is 9.45. The second-order valence-corrected chi connectivity index (χ2v) is 6.28. The quantitative estimate of drug-likeness (QED) is 0.767. The Balaban J connectivity index is 1.80. The smallest absolute Gasteiger partial charge is 0.161 e. The van der Waals surface area contributed by atoms with Crippen LogP contribution >= 0.6 is 0 Å². The molecule has 0 fully saturated rings. The summed E-state index contributed by atoms with van der Waals surface area (Å²) in [5.74, 6) is 2.05. The van der Waals surface area contributed by atoms with Gasteiger partial charge in [-0.3, -0.25) is 4.98 Å². The molecule has 0 aliphatic carbocycles. The van der Waals surface area contributed by atoms with Gasteiger partial charge in [0.25, 0.3) is 0 Å². The standard InChI is InChI=1S/C20H19N5O2/c1-26-18-7-6-13(9-19(18)27-2)17-10-16(15-5-3-4-8-22-15)24-20-14(11-21)12-23-25(17)20/h3-9,12,16-17,24H,10H2,1-2H3. The van der Waals surface area contributed by atoms with E-state index >= 15 is 0 Å². The van der Waals surface area contributed by atoms with Crippen molar-refractivity contribution in [1.82, 2.24) is 14.8 Å². The Bertz CT molecular complexity index is 993. The molecule has 136 valence electrons. The van der Waals surface area contributed by atoms with Gasteiger partial charge in [0.1, 0.15) is 17.5 Å². The number of fused-ring (bicyclic) bond motifs is 1. The monoisotopic (exact) mass is 361 g/mol. The van der Waals surface area contributed by atoms with Crippen LogP contribution in [0.1, 0.15) is 35.3 Å². The highest BCUT2D eigenvalue weighted by molar-refractivity contribution is 5.55. The van der Waals surface area contributed by atoms with Crippen LogP contribution in [0.3, 0.4) is 0 Å². The number of anilines is 1. The van der Waals surface area contributed by atoms with Crippen molar-refractivity contribution in [2.75, 3.05) is 19.5 Å². The van der Waals surface area contributed by atoms with Crippen molar-refractivity contribution >= 4 is 5.82 Å². The highest BCUT2D eigenvalue weighted by Crippen LogP contribution is 2.41. The van der Waals surface area contributed by atoms with E-state index in [0.29, 0.717) is 22.9 Å². The number of pyridine rings is 1. The number of methoxy groups -OCH3 is 2. The fraction of sp³-hybridized carbons (Fsp3) is 0.250. The number of hydrogen-bond acceptors (Lipinski definition) is 6. The van der Waals surface area contributed by atoms with Gasteiger partial charge in [-0.15, -0.1) is 0 Å². The first-order valence-corrected chi connectivity index (χ1v) is 8.62. The van der Waals surface area contributed by atoms with Gasteiger partial charge >= 0.3 is 0 Å². The molecule has 2 atom stereocenters. The largest absolute Gasteiger partial charge is 0.493 e. The minimum Gasteiger partial charge on any atom is -0.493 e. The van der Waals surface area contributed by atoms with Gasteiger partial charge in [-0.2, -0.15) is 10.4 Å². The van der Waals surface area contributed by atoms with Crippen molar-refractivity contribution in [3.8, 4) is 17.6 Å². The van der Waals surface area contributed by atoms with Crippen LogP contribution in [0.15, 0.2) is 48.8 Å². The van der Waals surface area contributed by atoms with E-state index in [1.807, 2.05) is 41.1 Å². The lowest BCUT2D eigenvalue weighted by Gasteiger charge is -2.32. The van der Waals surface area contributed by atoms with Crippen LogP contribution in [0, 0.1) is 11.3 Å². The lowest BCUT2D eigenvalue weighted by Crippen LogP contribution is -2.28. The molecule has 7 heteroatoms. The Hall–Kier alpha value is -3.53.